The zero-order valence-electron chi connectivity index (χ0n) is 13.7. The normalized spacial score (nSPS) is 12.8. The van der Waals surface area contributed by atoms with Crippen LogP contribution in [0.5, 0.6) is 11.5 Å². The second kappa shape index (κ2) is 4.42. The topological polar surface area (TPSA) is 70.7 Å². The maximum atomic E-state index is 13.2. The molecular formula is C21H14O4. The van der Waals surface area contributed by atoms with E-state index in [1.54, 1.807) is 19.9 Å². The Morgan fingerprint density at radius 3 is 2.20 bits per heavy atom. The third-order valence-electron chi connectivity index (χ3n) is 5.25. The summed E-state index contributed by atoms with van der Waals surface area (Å²) in [6, 6.07) is 11.3. The molecule has 0 atom stereocenters. The van der Waals surface area contributed by atoms with E-state index in [4.69, 9.17) is 4.42 Å². The number of carbonyl (C=O) groups is 1. The van der Waals surface area contributed by atoms with Crippen molar-refractivity contribution in [3.05, 3.63) is 58.7 Å². The lowest BCUT2D eigenvalue weighted by Gasteiger charge is -2.16. The summed E-state index contributed by atoms with van der Waals surface area (Å²) < 4.78 is 5.92. The van der Waals surface area contributed by atoms with E-state index in [9.17, 15) is 15.0 Å². The van der Waals surface area contributed by atoms with E-state index in [1.807, 2.05) is 30.3 Å². The Labute approximate surface area is 142 Å². The van der Waals surface area contributed by atoms with Crippen LogP contribution >= 0.6 is 0 Å². The highest BCUT2D eigenvalue weighted by Gasteiger charge is 2.34. The molecule has 3 aromatic carbocycles. The Morgan fingerprint density at radius 2 is 1.48 bits per heavy atom. The van der Waals surface area contributed by atoms with Crippen LogP contribution in [0.1, 0.15) is 27.0 Å². The van der Waals surface area contributed by atoms with Crippen molar-refractivity contribution in [2.75, 3.05) is 0 Å². The molecule has 4 nitrogen and oxygen atoms in total. The van der Waals surface area contributed by atoms with Gasteiger partial charge in [-0.1, -0.05) is 36.4 Å². The monoisotopic (exact) mass is 330 g/mol. The first-order valence-corrected chi connectivity index (χ1v) is 8.05. The fourth-order valence-corrected chi connectivity index (χ4v) is 3.80. The number of hydrogen-bond donors (Lipinski definition) is 2. The minimum absolute atomic E-state index is 0.0183. The Kier molecular flexibility index (Phi) is 2.49. The van der Waals surface area contributed by atoms with Crippen LogP contribution in [0.2, 0.25) is 0 Å². The van der Waals surface area contributed by atoms with Gasteiger partial charge in [-0.3, -0.25) is 4.79 Å². The highest BCUT2D eigenvalue weighted by atomic mass is 16.4. The summed E-state index contributed by atoms with van der Waals surface area (Å²) in [5.41, 5.74) is 2.94. The largest absolute Gasteiger partial charge is 0.507 e. The van der Waals surface area contributed by atoms with Crippen molar-refractivity contribution in [2.45, 2.75) is 13.8 Å². The molecule has 1 aromatic heterocycles. The van der Waals surface area contributed by atoms with Crippen LogP contribution in [-0.4, -0.2) is 16.0 Å². The molecule has 25 heavy (non-hydrogen) atoms. The third-order valence-corrected chi connectivity index (χ3v) is 5.25. The van der Waals surface area contributed by atoms with Gasteiger partial charge in [-0.25, -0.2) is 0 Å². The van der Waals surface area contributed by atoms with Crippen LogP contribution in [0.15, 0.2) is 40.8 Å². The maximum Gasteiger partial charge on any atom is 0.198 e. The molecule has 4 heteroatoms. The van der Waals surface area contributed by atoms with Crippen molar-refractivity contribution in [3.63, 3.8) is 0 Å². The number of phenols is 2. The smallest absolute Gasteiger partial charge is 0.198 e. The van der Waals surface area contributed by atoms with E-state index in [-0.39, 0.29) is 28.3 Å². The maximum absolute atomic E-state index is 13.2. The zero-order chi connectivity index (χ0) is 17.5. The molecule has 0 unspecified atom stereocenters. The molecule has 1 aliphatic rings. The predicted octanol–water partition coefficient (Wildman–Crippen LogP) is 4.83. The second-order valence-corrected chi connectivity index (χ2v) is 6.50. The summed E-state index contributed by atoms with van der Waals surface area (Å²) in [6.07, 6.45) is 0. The summed E-state index contributed by atoms with van der Waals surface area (Å²) in [7, 11) is 0. The predicted molar refractivity (Wildman–Crippen MR) is 95.4 cm³/mol. The van der Waals surface area contributed by atoms with Gasteiger partial charge in [0, 0.05) is 22.1 Å². The lowest BCUT2D eigenvalue weighted by molar-refractivity contribution is 0.104. The average molecular weight is 330 g/mol. The molecule has 2 N–H and O–H groups in total. The van der Waals surface area contributed by atoms with E-state index in [1.165, 1.54) is 0 Å². The first kappa shape index (κ1) is 14.1. The van der Waals surface area contributed by atoms with E-state index >= 15 is 0 Å². The number of rotatable bonds is 0. The fourth-order valence-electron chi connectivity index (χ4n) is 3.80. The van der Waals surface area contributed by atoms with E-state index < -0.39 is 0 Å². The number of carbonyl (C=O) groups excluding carboxylic acids is 1. The number of phenolic OH excluding ortho intramolecular Hbond substituents is 2. The van der Waals surface area contributed by atoms with Gasteiger partial charge in [0.25, 0.3) is 0 Å². The van der Waals surface area contributed by atoms with E-state index in [0.29, 0.717) is 28.0 Å². The number of furan rings is 1. The van der Waals surface area contributed by atoms with E-state index in [2.05, 4.69) is 0 Å². The summed E-state index contributed by atoms with van der Waals surface area (Å²) in [4.78, 5) is 13.2. The molecule has 1 heterocycles. The summed E-state index contributed by atoms with van der Waals surface area (Å²) in [6.45, 7) is 3.42. The molecule has 4 aromatic rings. The molecule has 0 amide bonds. The highest BCUT2D eigenvalue weighted by Crippen LogP contribution is 2.49. The van der Waals surface area contributed by atoms with Gasteiger partial charge in [0.15, 0.2) is 17.1 Å². The van der Waals surface area contributed by atoms with Crippen molar-refractivity contribution in [1.82, 2.24) is 0 Å². The molecule has 0 saturated carbocycles. The Hall–Kier alpha value is -3.27. The molecule has 0 bridgehead atoms. The number of ketones is 1. The minimum Gasteiger partial charge on any atom is -0.507 e. The van der Waals surface area contributed by atoms with Crippen molar-refractivity contribution in [3.8, 4) is 22.8 Å². The van der Waals surface area contributed by atoms with Gasteiger partial charge in [-0.05, 0) is 24.8 Å². The number of benzene rings is 3. The van der Waals surface area contributed by atoms with Crippen LogP contribution < -0.4 is 0 Å². The highest BCUT2D eigenvalue weighted by molar-refractivity contribution is 6.30. The van der Waals surface area contributed by atoms with Crippen molar-refractivity contribution in [1.29, 1.82) is 0 Å². The van der Waals surface area contributed by atoms with E-state index in [0.717, 1.165) is 16.3 Å². The van der Waals surface area contributed by atoms with Gasteiger partial charge in [-0.15, -0.1) is 0 Å². The first-order chi connectivity index (χ1) is 12.0. The summed E-state index contributed by atoms with van der Waals surface area (Å²) >= 11 is 0. The Morgan fingerprint density at radius 1 is 0.840 bits per heavy atom. The molecular weight excluding hydrogens is 316 g/mol. The van der Waals surface area contributed by atoms with Crippen molar-refractivity contribution >= 4 is 27.5 Å². The number of hydrogen-bond acceptors (Lipinski definition) is 4. The molecule has 0 fully saturated rings. The zero-order valence-corrected chi connectivity index (χ0v) is 13.7. The van der Waals surface area contributed by atoms with Crippen LogP contribution in [0, 0.1) is 13.8 Å². The SMILES string of the molecule is Cc1c(C)c(O)c2c3c(oc2c1O)-c1cccc2cccc(c12)C3=O. The van der Waals surface area contributed by atoms with Gasteiger partial charge >= 0.3 is 0 Å². The van der Waals surface area contributed by atoms with Crippen LogP contribution in [0.3, 0.4) is 0 Å². The lowest BCUT2D eigenvalue weighted by atomic mass is 9.85. The van der Waals surface area contributed by atoms with Crippen molar-refractivity contribution < 1.29 is 19.4 Å². The average Bonchev–Trinajstić information content (AvgIpc) is 3.03. The Balaban J connectivity index is 2.05. The summed E-state index contributed by atoms with van der Waals surface area (Å²) in [5, 5.41) is 23.2. The molecule has 0 spiro atoms. The lowest BCUT2D eigenvalue weighted by Crippen LogP contribution is -2.08. The standard InChI is InChI=1S/C21H14O4/c1-9-10(2)18(23)21-15(17(9)22)16-19(24)12-7-3-5-11-6-4-8-13(14(11)12)20(16)25-21/h3-8,22-23H,1-2H3. The molecule has 0 aliphatic heterocycles. The van der Waals surface area contributed by atoms with Crippen LogP contribution in [0.25, 0.3) is 33.1 Å². The number of fused-ring (bicyclic) bond motifs is 4. The van der Waals surface area contributed by atoms with Crippen LogP contribution in [0.4, 0.5) is 0 Å². The molecule has 122 valence electrons. The fraction of sp³-hybridized carbons (Fsp3) is 0.0952. The third kappa shape index (κ3) is 1.54. The number of aromatic hydroxyl groups is 2. The van der Waals surface area contributed by atoms with Gasteiger partial charge in [0.2, 0.25) is 0 Å². The van der Waals surface area contributed by atoms with Gasteiger partial charge < -0.3 is 14.6 Å². The molecule has 0 saturated heterocycles. The molecule has 5 rings (SSSR count). The van der Waals surface area contributed by atoms with Gasteiger partial charge in [0.05, 0.1) is 10.9 Å². The summed E-state index contributed by atoms with van der Waals surface area (Å²) in [5.74, 6) is 0.148. The Bertz CT molecular complexity index is 1240. The molecule has 1 aliphatic carbocycles. The van der Waals surface area contributed by atoms with Gasteiger partial charge in [0.1, 0.15) is 11.5 Å². The van der Waals surface area contributed by atoms with Crippen LogP contribution in [-0.2, 0) is 0 Å². The second-order valence-electron chi connectivity index (χ2n) is 6.50. The quantitative estimate of drug-likeness (QED) is 0.399. The van der Waals surface area contributed by atoms with Crippen molar-refractivity contribution in [2.24, 2.45) is 0 Å². The minimum atomic E-state index is -0.198. The molecule has 0 radical (unpaired) electrons. The first-order valence-electron chi connectivity index (χ1n) is 8.05. The van der Waals surface area contributed by atoms with Gasteiger partial charge in [-0.2, -0.15) is 0 Å².